The first kappa shape index (κ1) is 19.6. The van der Waals surface area contributed by atoms with Gasteiger partial charge in [0.2, 0.25) is 0 Å². The highest BCUT2D eigenvalue weighted by Gasteiger charge is 2.19. The summed E-state index contributed by atoms with van der Waals surface area (Å²) in [6.45, 7) is 9.50. The van der Waals surface area contributed by atoms with E-state index in [1.807, 2.05) is 0 Å². The van der Waals surface area contributed by atoms with Crippen LogP contribution in [0.2, 0.25) is 0 Å². The molecule has 0 aromatic carbocycles. The number of aromatic nitrogens is 3. The molecule has 148 valence electrons. The molecule has 26 heavy (non-hydrogen) atoms. The second kappa shape index (κ2) is 9.70. The van der Waals surface area contributed by atoms with Crippen molar-refractivity contribution < 1.29 is 0 Å². The number of likely N-dealkylation sites (tertiary alicyclic amines) is 2. The molecule has 2 aliphatic heterocycles. The summed E-state index contributed by atoms with van der Waals surface area (Å²) in [6, 6.07) is 1.46. The van der Waals surface area contributed by atoms with Crippen LogP contribution in [0, 0.1) is 0 Å². The standard InChI is InChI=1S/C20H38N6/c1-17-9-3-5-13-24(17)15-7-11-19-22-23-20(26(19)21)12-8-16-25-14-6-4-10-18(25)2/h17-18H,3-16,21H2,1-2H3/t17-,18-/m0/s1. The van der Waals surface area contributed by atoms with E-state index in [9.17, 15) is 0 Å². The number of nitrogen functional groups attached to an aromatic ring is 1. The molecule has 1 aromatic rings. The predicted octanol–water partition coefficient (Wildman–Crippen LogP) is 2.61. The normalized spacial score (nSPS) is 25.6. The Kier molecular flexibility index (Phi) is 7.32. The van der Waals surface area contributed by atoms with Crippen molar-refractivity contribution >= 4 is 0 Å². The number of piperidine rings is 2. The first-order valence-corrected chi connectivity index (χ1v) is 10.8. The highest BCUT2D eigenvalue weighted by atomic mass is 15.4. The summed E-state index contributed by atoms with van der Waals surface area (Å²) in [6.07, 6.45) is 12.2. The van der Waals surface area contributed by atoms with E-state index in [1.165, 1.54) is 51.6 Å². The number of aryl methyl sites for hydroxylation is 2. The molecule has 2 fully saturated rings. The van der Waals surface area contributed by atoms with Crippen molar-refractivity contribution in [2.24, 2.45) is 0 Å². The first-order valence-electron chi connectivity index (χ1n) is 10.8. The second-order valence-electron chi connectivity index (χ2n) is 8.37. The molecular formula is C20H38N6. The van der Waals surface area contributed by atoms with Crippen LogP contribution < -0.4 is 5.84 Å². The lowest BCUT2D eigenvalue weighted by Crippen LogP contribution is -2.38. The fraction of sp³-hybridized carbons (Fsp3) is 0.900. The summed E-state index contributed by atoms with van der Waals surface area (Å²) in [7, 11) is 0. The Morgan fingerprint density at radius 2 is 1.27 bits per heavy atom. The third kappa shape index (κ3) is 5.19. The van der Waals surface area contributed by atoms with E-state index in [0.29, 0.717) is 0 Å². The molecule has 2 atom stereocenters. The zero-order chi connectivity index (χ0) is 18.4. The Balaban J connectivity index is 1.39. The van der Waals surface area contributed by atoms with Crippen LogP contribution in [0.5, 0.6) is 0 Å². The van der Waals surface area contributed by atoms with Gasteiger partial charge in [-0.15, -0.1) is 10.2 Å². The van der Waals surface area contributed by atoms with Gasteiger partial charge in [0.05, 0.1) is 0 Å². The Morgan fingerprint density at radius 1 is 0.808 bits per heavy atom. The fourth-order valence-electron chi connectivity index (χ4n) is 4.56. The first-order chi connectivity index (χ1) is 12.6. The van der Waals surface area contributed by atoms with Gasteiger partial charge < -0.3 is 15.6 Å². The topological polar surface area (TPSA) is 63.2 Å². The van der Waals surface area contributed by atoms with Gasteiger partial charge in [-0.1, -0.05) is 12.8 Å². The zero-order valence-corrected chi connectivity index (χ0v) is 16.9. The minimum absolute atomic E-state index is 0.729. The van der Waals surface area contributed by atoms with Gasteiger partial charge in [-0.05, 0) is 78.6 Å². The average molecular weight is 363 g/mol. The molecule has 0 amide bonds. The van der Waals surface area contributed by atoms with Gasteiger partial charge in [0.15, 0.2) is 11.6 Å². The molecule has 0 radical (unpaired) electrons. The van der Waals surface area contributed by atoms with E-state index >= 15 is 0 Å². The Labute approximate surface area is 159 Å². The van der Waals surface area contributed by atoms with Crippen molar-refractivity contribution in [3.63, 3.8) is 0 Å². The lowest BCUT2D eigenvalue weighted by atomic mass is 10.0. The summed E-state index contributed by atoms with van der Waals surface area (Å²) in [5.41, 5.74) is 0. The van der Waals surface area contributed by atoms with Crippen LogP contribution in [0.3, 0.4) is 0 Å². The summed E-state index contributed by atoms with van der Waals surface area (Å²) < 4.78 is 1.75. The van der Waals surface area contributed by atoms with Gasteiger partial charge in [-0.3, -0.25) is 0 Å². The molecule has 0 saturated carbocycles. The van der Waals surface area contributed by atoms with Gasteiger partial charge in [-0.25, -0.2) is 4.68 Å². The molecule has 6 nitrogen and oxygen atoms in total. The van der Waals surface area contributed by atoms with Gasteiger partial charge in [-0.2, -0.15) is 0 Å². The number of hydrogen-bond donors (Lipinski definition) is 1. The number of nitrogens with zero attached hydrogens (tertiary/aromatic N) is 5. The quantitative estimate of drug-likeness (QED) is 0.720. The highest BCUT2D eigenvalue weighted by Crippen LogP contribution is 2.18. The van der Waals surface area contributed by atoms with Gasteiger partial charge in [0, 0.05) is 24.9 Å². The highest BCUT2D eigenvalue weighted by molar-refractivity contribution is 4.97. The van der Waals surface area contributed by atoms with E-state index in [4.69, 9.17) is 5.84 Å². The smallest absolute Gasteiger partial charge is 0.151 e. The minimum Gasteiger partial charge on any atom is -0.336 e. The van der Waals surface area contributed by atoms with Gasteiger partial charge in [0.1, 0.15) is 0 Å². The summed E-state index contributed by atoms with van der Waals surface area (Å²) in [5.74, 6) is 8.14. The Hall–Kier alpha value is -1.14. The predicted molar refractivity (Wildman–Crippen MR) is 107 cm³/mol. The van der Waals surface area contributed by atoms with E-state index in [0.717, 1.165) is 62.5 Å². The molecule has 2 aliphatic rings. The monoisotopic (exact) mass is 362 g/mol. The maximum atomic E-state index is 6.26. The Morgan fingerprint density at radius 3 is 1.69 bits per heavy atom. The largest absolute Gasteiger partial charge is 0.336 e. The van der Waals surface area contributed by atoms with Crippen LogP contribution in [0.1, 0.15) is 76.9 Å². The van der Waals surface area contributed by atoms with E-state index in [-0.39, 0.29) is 0 Å². The van der Waals surface area contributed by atoms with Crippen LogP contribution in [0.25, 0.3) is 0 Å². The number of rotatable bonds is 8. The number of nitrogens with two attached hydrogens (primary N) is 1. The van der Waals surface area contributed by atoms with Crippen LogP contribution in [-0.2, 0) is 12.8 Å². The molecule has 2 saturated heterocycles. The zero-order valence-electron chi connectivity index (χ0n) is 16.9. The molecule has 0 unspecified atom stereocenters. The molecule has 6 heteroatoms. The molecule has 0 spiro atoms. The van der Waals surface area contributed by atoms with Crippen LogP contribution in [0.15, 0.2) is 0 Å². The van der Waals surface area contributed by atoms with Gasteiger partial charge >= 0.3 is 0 Å². The molecular weight excluding hydrogens is 324 g/mol. The van der Waals surface area contributed by atoms with Crippen molar-refractivity contribution in [2.75, 3.05) is 32.0 Å². The van der Waals surface area contributed by atoms with Crippen LogP contribution in [0.4, 0.5) is 0 Å². The van der Waals surface area contributed by atoms with E-state index in [2.05, 4.69) is 33.8 Å². The van der Waals surface area contributed by atoms with E-state index < -0.39 is 0 Å². The maximum Gasteiger partial charge on any atom is 0.151 e. The molecule has 3 heterocycles. The third-order valence-corrected chi connectivity index (χ3v) is 6.41. The third-order valence-electron chi connectivity index (χ3n) is 6.41. The lowest BCUT2D eigenvalue weighted by molar-refractivity contribution is 0.158. The molecule has 1 aromatic heterocycles. The molecule has 0 bridgehead atoms. The summed E-state index contributed by atoms with van der Waals surface area (Å²) in [4.78, 5) is 5.23. The van der Waals surface area contributed by atoms with Crippen molar-refractivity contribution in [1.29, 1.82) is 0 Å². The maximum absolute atomic E-state index is 6.26. The van der Waals surface area contributed by atoms with Crippen molar-refractivity contribution in [1.82, 2.24) is 24.7 Å². The lowest BCUT2D eigenvalue weighted by Gasteiger charge is -2.33. The number of hydrogen-bond acceptors (Lipinski definition) is 5. The van der Waals surface area contributed by atoms with Crippen molar-refractivity contribution in [3.8, 4) is 0 Å². The van der Waals surface area contributed by atoms with Crippen molar-refractivity contribution in [2.45, 2.75) is 90.1 Å². The molecule has 2 N–H and O–H groups in total. The van der Waals surface area contributed by atoms with Gasteiger partial charge in [0.25, 0.3) is 0 Å². The fourth-order valence-corrected chi connectivity index (χ4v) is 4.56. The second-order valence-corrected chi connectivity index (χ2v) is 8.37. The van der Waals surface area contributed by atoms with E-state index in [1.54, 1.807) is 4.68 Å². The molecule has 3 rings (SSSR count). The summed E-state index contributed by atoms with van der Waals surface area (Å²) >= 11 is 0. The molecule has 0 aliphatic carbocycles. The average Bonchev–Trinajstić information content (AvgIpc) is 2.99. The Bertz CT molecular complexity index is 497. The van der Waals surface area contributed by atoms with Crippen molar-refractivity contribution in [3.05, 3.63) is 11.6 Å². The van der Waals surface area contributed by atoms with Crippen LogP contribution in [-0.4, -0.2) is 62.9 Å². The minimum atomic E-state index is 0.729. The summed E-state index contributed by atoms with van der Waals surface area (Å²) in [5, 5.41) is 8.71. The van der Waals surface area contributed by atoms with Crippen LogP contribution >= 0.6 is 0 Å². The SMILES string of the molecule is C[C@H]1CCCCN1CCCc1nnc(CCCN2CCCC[C@@H]2C)n1N.